The van der Waals surface area contributed by atoms with Gasteiger partial charge in [0.15, 0.2) is 0 Å². The molecule has 0 atom stereocenters. The van der Waals surface area contributed by atoms with E-state index in [0.717, 1.165) is 44.8 Å². The van der Waals surface area contributed by atoms with E-state index in [1.807, 2.05) is 23.1 Å². The molecule has 0 spiro atoms. The zero-order valence-corrected chi connectivity index (χ0v) is 16.0. The van der Waals surface area contributed by atoms with Gasteiger partial charge in [-0.1, -0.05) is 41.9 Å². The highest BCUT2D eigenvalue weighted by Crippen LogP contribution is 2.14. The summed E-state index contributed by atoms with van der Waals surface area (Å²) in [5, 5.41) is 0.647. The molecule has 0 unspecified atom stereocenters. The number of carbonyl (C=O) groups is 1. The average Bonchev–Trinajstić information content (AvgIpc) is 2.67. The van der Waals surface area contributed by atoms with Gasteiger partial charge in [0.2, 0.25) is 0 Å². The largest absolute Gasteiger partial charge is 0.333 e. The van der Waals surface area contributed by atoms with E-state index in [9.17, 15) is 4.79 Å². The Kier molecular flexibility index (Phi) is 6.67. The molecule has 0 bridgehead atoms. The number of hydrogen-bond acceptors (Lipinski definition) is 3. The average molecular weight is 372 g/mol. The highest BCUT2D eigenvalue weighted by molar-refractivity contribution is 6.30. The van der Waals surface area contributed by atoms with E-state index in [1.165, 1.54) is 0 Å². The molecule has 138 valence electrons. The maximum atomic E-state index is 13.0. The van der Waals surface area contributed by atoms with E-state index in [4.69, 9.17) is 11.6 Å². The molecular weight excluding hydrogens is 346 g/mol. The van der Waals surface area contributed by atoms with Crippen molar-refractivity contribution in [3.8, 4) is 0 Å². The van der Waals surface area contributed by atoms with Gasteiger partial charge >= 0.3 is 0 Å². The fraction of sp³-hybridized carbons (Fsp3) is 0.381. The van der Waals surface area contributed by atoms with Crippen LogP contribution in [0.4, 0.5) is 0 Å². The van der Waals surface area contributed by atoms with Crippen molar-refractivity contribution in [2.24, 2.45) is 0 Å². The van der Waals surface area contributed by atoms with Gasteiger partial charge in [0.25, 0.3) is 5.91 Å². The van der Waals surface area contributed by atoms with E-state index in [2.05, 4.69) is 29.0 Å². The van der Waals surface area contributed by atoms with Crippen LogP contribution in [0.25, 0.3) is 0 Å². The van der Waals surface area contributed by atoms with Crippen LogP contribution in [-0.2, 0) is 6.54 Å². The van der Waals surface area contributed by atoms with Gasteiger partial charge in [-0.2, -0.15) is 0 Å². The smallest absolute Gasteiger partial charge is 0.254 e. The lowest BCUT2D eigenvalue weighted by Gasteiger charge is -2.34. The molecule has 1 saturated heterocycles. The van der Waals surface area contributed by atoms with Gasteiger partial charge in [-0.05, 0) is 36.9 Å². The van der Waals surface area contributed by atoms with Crippen LogP contribution in [0, 0.1) is 0 Å². The van der Waals surface area contributed by atoms with Crippen molar-refractivity contribution in [2.45, 2.75) is 6.54 Å². The van der Waals surface area contributed by atoms with Crippen LogP contribution in [0.3, 0.4) is 0 Å². The molecule has 0 aliphatic carbocycles. The fourth-order valence-electron chi connectivity index (χ4n) is 3.16. The fourth-order valence-corrected chi connectivity index (χ4v) is 3.29. The Bertz CT molecular complexity index is 697. The summed E-state index contributed by atoms with van der Waals surface area (Å²) in [4.78, 5) is 19.8. The van der Waals surface area contributed by atoms with Crippen LogP contribution in [0.2, 0.25) is 5.02 Å². The minimum Gasteiger partial charge on any atom is -0.333 e. The summed E-state index contributed by atoms with van der Waals surface area (Å²) in [6.07, 6.45) is 0. The molecule has 0 saturated carbocycles. The summed E-state index contributed by atoms with van der Waals surface area (Å²) in [7, 11) is 2.16. The van der Waals surface area contributed by atoms with E-state index in [1.54, 1.807) is 24.3 Å². The van der Waals surface area contributed by atoms with Crippen molar-refractivity contribution in [3.63, 3.8) is 0 Å². The van der Waals surface area contributed by atoms with E-state index < -0.39 is 0 Å². The molecule has 5 heteroatoms. The van der Waals surface area contributed by atoms with Crippen LogP contribution < -0.4 is 0 Å². The number of benzene rings is 2. The van der Waals surface area contributed by atoms with Gasteiger partial charge in [-0.15, -0.1) is 0 Å². The van der Waals surface area contributed by atoms with Crippen LogP contribution in [0.1, 0.15) is 15.9 Å². The SMILES string of the molecule is CN1CCN(CCN(Cc2ccccc2)C(=O)c2ccc(Cl)cc2)CC1. The Balaban J connectivity index is 1.68. The lowest BCUT2D eigenvalue weighted by molar-refractivity contribution is 0.0701. The number of likely N-dealkylation sites (N-methyl/N-ethyl adjacent to an activating group) is 1. The van der Waals surface area contributed by atoms with Gasteiger partial charge in [0.1, 0.15) is 0 Å². The zero-order valence-electron chi connectivity index (χ0n) is 15.3. The van der Waals surface area contributed by atoms with Gasteiger partial charge in [-0.25, -0.2) is 0 Å². The first-order valence-electron chi connectivity index (χ1n) is 9.11. The first-order valence-corrected chi connectivity index (χ1v) is 9.49. The third-order valence-corrected chi connectivity index (χ3v) is 5.13. The van der Waals surface area contributed by atoms with Crippen molar-refractivity contribution >= 4 is 17.5 Å². The number of hydrogen-bond donors (Lipinski definition) is 0. The number of carbonyl (C=O) groups excluding carboxylic acids is 1. The third kappa shape index (κ3) is 5.31. The summed E-state index contributed by atoms with van der Waals surface area (Å²) in [6.45, 7) is 6.54. The monoisotopic (exact) mass is 371 g/mol. The number of rotatable bonds is 6. The Morgan fingerprint density at radius 2 is 1.65 bits per heavy atom. The topological polar surface area (TPSA) is 26.8 Å². The molecule has 0 N–H and O–H groups in total. The second kappa shape index (κ2) is 9.17. The van der Waals surface area contributed by atoms with Crippen molar-refractivity contribution in [1.29, 1.82) is 0 Å². The lowest BCUT2D eigenvalue weighted by Crippen LogP contribution is -2.47. The molecule has 1 aliphatic heterocycles. The molecule has 0 aromatic heterocycles. The van der Waals surface area contributed by atoms with Gasteiger partial charge < -0.3 is 9.80 Å². The standard InChI is InChI=1S/C21H26ClN3O/c1-23-11-13-24(14-12-23)15-16-25(17-18-5-3-2-4-6-18)21(26)19-7-9-20(22)10-8-19/h2-10H,11-17H2,1H3. The van der Waals surface area contributed by atoms with Crippen molar-refractivity contribution in [2.75, 3.05) is 46.3 Å². The maximum absolute atomic E-state index is 13.0. The Morgan fingerprint density at radius 3 is 2.31 bits per heavy atom. The molecule has 1 heterocycles. The first kappa shape index (κ1) is 18.9. The molecule has 1 aliphatic rings. The zero-order chi connectivity index (χ0) is 18.4. The summed E-state index contributed by atoms with van der Waals surface area (Å²) >= 11 is 5.96. The van der Waals surface area contributed by atoms with Crippen LogP contribution in [0.15, 0.2) is 54.6 Å². The summed E-state index contributed by atoms with van der Waals surface area (Å²) < 4.78 is 0. The number of amides is 1. The lowest BCUT2D eigenvalue weighted by atomic mass is 10.1. The van der Waals surface area contributed by atoms with E-state index in [-0.39, 0.29) is 5.91 Å². The van der Waals surface area contributed by atoms with E-state index in [0.29, 0.717) is 17.1 Å². The number of halogens is 1. The molecule has 1 amide bonds. The molecular formula is C21H26ClN3O. The van der Waals surface area contributed by atoms with Crippen molar-refractivity contribution in [1.82, 2.24) is 14.7 Å². The van der Waals surface area contributed by atoms with Crippen molar-refractivity contribution in [3.05, 3.63) is 70.7 Å². The maximum Gasteiger partial charge on any atom is 0.254 e. The second-order valence-electron chi connectivity index (χ2n) is 6.86. The minimum atomic E-state index is 0.0552. The third-order valence-electron chi connectivity index (χ3n) is 4.88. The Hall–Kier alpha value is -1.88. The summed E-state index contributed by atoms with van der Waals surface area (Å²) in [5.41, 5.74) is 1.83. The summed E-state index contributed by atoms with van der Waals surface area (Å²) in [6, 6.07) is 17.3. The first-order chi connectivity index (χ1) is 12.6. The molecule has 26 heavy (non-hydrogen) atoms. The predicted molar refractivity (Wildman–Crippen MR) is 107 cm³/mol. The van der Waals surface area contributed by atoms with Gasteiger partial charge in [0, 0.05) is 56.4 Å². The second-order valence-corrected chi connectivity index (χ2v) is 7.30. The van der Waals surface area contributed by atoms with Crippen LogP contribution >= 0.6 is 11.6 Å². The van der Waals surface area contributed by atoms with E-state index >= 15 is 0 Å². The Labute approximate surface area is 161 Å². The van der Waals surface area contributed by atoms with Crippen molar-refractivity contribution < 1.29 is 4.79 Å². The van der Waals surface area contributed by atoms with Gasteiger partial charge in [-0.3, -0.25) is 9.69 Å². The predicted octanol–water partition coefficient (Wildman–Crippen LogP) is 3.23. The Morgan fingerprint density at radius 1 is 1.00 bits per heavy atom. The normalized spacial score (nSPS) is 15.8. The van der Waals surface area contributed by atoms with Gasteiger partial charge in [0.05, 0.1) is 0 Å². The molecule has 2 aromatic rings. The molecule has 3 rings (SSSR count). The molecule has 2 aromatic carbocycles. The minimum absolute atomic E-state index is 0.0552. The number of nitrogens with zero attached hydrogens (tertiary/aromatic N) is 3. The molecule has 4 nitrogen and oxygen atoms in total. The molecule has 1 fully saturated rings. The van der Waals surface area contributed by atoms with Crippen LogP contribution in [0.5, 0.6) is 0 Å². The highest BCUT2D eigenvalue weighted by atomic mass is 35.5. The quantitative estimate of drug-likeness (QED) is 0.780. The van der Waals surface area contributed by atoms with Crippen LogP contribution in [-0.4, -0.2) is 66.9 Å². The summed E-state index contributed by atoms with van der Waals surface area (Å²) in [5.74, 6) is 0.0552. The number of piperazine rings is 1. The molecule has 0 radical (unpaired) electrons. The highest BCUT2D eigenvalue weighted by Gasteiger charge is 2.19.